The summed E-state index contributed by atoms with van der Waals surface area (Å²) >= 11 is 0. The first-order chi connectivity index (χ1) is 34.2. The topological polar surface area (TPSA) is 207 Å². The highest BCUT2D eigenvalue weighted by molar-refractivity contribution is 5.88. The van der Waals surface area contributed by atoms with Gasteiger partial charge in [0.1, 0.15) is 18.1 Å². The molecule has 7 aromatic carbocycles. The first kappa shape index (κ1) is 51.8. The van der Waals surface area contributed by atoms with Crippen molar-refractivity contribution in [1.29, 1.82) is 0 Å². The van der Waals surface area contributed by atoms with E-state index in [1.807, 2.05) is 159 Å². The number of carboxylic acid groups (broad SMARTS) is 2. The van der Waals surface area contributed by atoms with Crippen molar-refractivity contribution in [2.24, 2.45) is 5.73 Å². The van der Waals surface area contributed by atoms with Gasteiger partial charge in [0.15, 0.2) is 0 Å². The molecule has 0 spiro atoms. The summed E-state index contributed by atoms with van der Waals surface area (Å²) in [5.74, 6) is -1.10. The highest BCUT2D eigenvalue weighted by Crippen LogP contribution is 2.29. The van der Waals surface area contributed by atoms with E-state index in [2.05, 4.69) is 27.8 Å². The number of rotatable bonds is 17. The number of fused-ring (bicyclic) bond motifs is 1. The van der Waals surface area contributed by atoms with E-state index in [1.165, 1.54) is 17.7 Å². The number of H-pyrrole nitrogens is 1. The Kier molecular flexibility index (Phi) is 18.8. The highest BCUT2D eigenvalue weighted by atomic mass is 16.5. The van der Waals surface area contributed by atoms with Crippen LogP contribution >= 0.6 is 0 Å². The molecule has 0 bridgehead atoms. The van der Waals surface area contributed by atoms with Crippen molar-refractivity contribution in [2.45, 2.75) is 31.9 Å². The van der Waals surface area contributed by atoms with Crippen LogP contribution in [0.4, 0.5) is 11.4 Å². The van der Waals surface area contributed by atoms with E-state index in [0.717, 1.165) is 69.1 Å². The van der Waals surface area contributed by atoms with Crippen LogP contribution in [0.15, 0.2) is 199 Å². The van der Waals surface area contributed by atoms with Gasteiger partial charge in [-0.05, 0) is 132 Å². The molecular weight excluding hydrogens is 893 g/mol. The van der Waals surface area contributed by atoms with Gasteiger partial charge in [0.2, 0.25) is 5.56 Å². The molecule has 0 fully saturated rings. The summed E-state index contributed by atoms with van der Waals surface area (Å²) in [6.45, 7) is 5.34. The number of anilines is 2. The van der Waals surface area contributed by atoms with E-state index in [9.17, 15) is 24.6 Å². The first-order valence-electron chi connectivity index (χ1n) is 22.9. The summed E-state index contributed by atoms with van der Waals surface area (Å²) in [5.41, 5.74) is 15.7. The Morgan fingerprint density at radius 3 is 1.63 bits per heavy atom. The number of aromatic amines is 1. The molecule has 8 aromatic rings. The fraction of sp³-hybridized carbons (Fsp3) is 0.136. The molecule has 1 heterocycles. The number of aliphatic carboxylic acids is 2. The Morgan fingerprint density at radius 2 is 1.14 bits per heavy atom. The second-order valence-electron chi connectivity index (χ2n) is 17.2. The van der Waals surface area contributed by atoms with Crippen molar-refractivity contribution in [3.63, 3.8) is 0 Å². The minimum Gasteiger partial charge on any atom is -0.506 e. The molecule has 0 aliphatic rings. The van der Waals surface area contributed by atoms with E-state index in [1.54, 1.807) is 24.3 Å². The van der Waals surface area contributed by atoms with Crippen molar-refractivity contribution in [1.82, 2.24) is 10.3 Å². The number of nitrogens with one attached hydrogen (secondary N) is 3. The second-order valence-corrected chi connectivity index (χ2v) is 17.2. The molecule has 9 N–H and O–H groups in total. The number of aromatic nitrogens is 1. The van der Waals surface area contributed by atoms with Crippen molar-refractivity contribution in [3.8, 4) is 33.8 Å². The molecule has 0 aliphatic carbocycles. The number of hydrogen-bond donors (Lipinski definition) is 8. The second kappa shape index (κ2) is 25.7. The van der Waals surface area contributed by atoms with E-state index < -0.39 is 18.0 Å². The van der Waals surface area contributed by atoms with Crippen molar-refractivity contribution < 1.29 is 34.8 Å². The first-order valence-corrected chi connectivity index (χ1v) is 22.9. The third-order valence-electron chi connectivity index (χ3n) is 10.8. The predicted octanol–water partition coefficient (Wildman–Crippen LogP) is 10.9. The number of aliphatic hydroxyl groups is 1. The molecule has 0 radical (unpaired) electrons. The van der Waals surface area contributed by atoms with Gasteiger partial charge in [-0.1, -0.05) is 127 Å². The summed E-state index contributed by atoms with van der Waals surface area (Å²) < 4.78 is 5.71. The van der Waals surface area contributed by atoms with Gasteiger partial charge in [-0.15, -0.1) is 0 Å². The molecule has 0 unspecified atom stereocenters. The number of hydrogen-bond acceptors (Lipinski definition) is 9. The van der Waals surface area contributed by atoms with Crippen LogP contribution in [0, 0.1) is 0 Å². The van der Waals surface area contributed by atoms with Crippen molar-refractivity contribution in [3.05, 3.63) is 227 Å². The molecule has 0 amide bonds. The van der Waals surface area contributed by atoms with Crippen molar-refractivity contribution in [2.75, 3.05) is 25.0 Å². The Hall–Kier alpha value is -8.55. The summed E-state index contributed by atoms with van der Waals surface area (Å²) in [7, 11) is 0. The number of carbonyl (C=O) groups is 2. The summed E-state index contributed by atoms with van der Waals surface area (Å²) in [6, 6.07) is 57.8. The lowest BCUT2D eigenvalue weighted by Crippen LogP contribution is -2.38. The maximum absolute atomic E-state index is 11.6. The average Bonchev–Trinajstić information content (AvgIpc) is 3.38. The fourth-order valence-electron chi connectivity index (χ4n) is 7.13. The molecule has 362 valence electrons. The Bertz CT molecular complexity index is 2950. The molecule has 0 saturated carbocycles. The highest BCUT2D eigenvalue weighted by Gasteiger charge is 2.14. The molecule has 0 saturated heterocycles. The average molecular weight is 951 g/mol. The van der Waals surface area contributed by atoms with Crippen LogP contribution in [0.5, 0.6) is 11.5 Å². The van der Waals surface area contributed by atoms with Gasteiger partial charge in [-0.2, -0.15) is 0 Å². The lowest BCUT2D eigenvalue weighted by Gasteiger charge is -2.19. The van der Waals surface area contributed by atoms with Crippen LogP contribution in [-0.4, -0.2) is 62.6 Å². The molecule has 8 rings (SSSR count). The monoisotopic (exact) mass is 950 g/mol. The lowest BCUT2D eigenvalue weighted by molar-refractivity contribution is -0.132. The molecule has 12 heteroatoms. The summed E-state index contributed by atoms with van der Waals surface area (Å²) in [5, 5.41) is 45.0. The largest absolute Gasteiger partial charge is 0.506 e. The molecule has 0 aliphatic heterocycles. The quantitative estimate of drug-likeness (QED) is 0.0318. The number of benzene rings is 7. The van der Waals surface area contributed by atoms with Crippen LogP contribution in [0.1, 0.15) is 42.2 Å². The zero-order valence-electron chi connectivity index (χ0n) is 39.5. The van der Waals surface area contributed by atoms with Crippen LogP contribution in [0.3, 0.4) is 0 Å². The van der Waals surface area contributed by atoms with Crippen LogP contribution < -0.4 is 26.7 Å². The standard InChI is InChI=1S/C29H34N4O4.2C15H12O2/c1-29(2,30)18-37-22-9-7-21(8-10-22)32-20-5-3-19(4-6-20)15-16-31-17-26(35)23-11-13-25(34)28-24(23)12-14-27(36)33-28;2*16-15(17)11-8-12-6-9-14(10-7-12)13-4-2-1-3-5-13/h3-14,26,31-32,34-35H,15-18,30H2,1-2H3,(H,33,36);2*1-11H,(H,16,17)/b;2*11-8+/t26-;;/m0../s1. The summed E-state index contributed by atoms with van der Waals surface area (Å²) in [6.07, 6.45) is 5.46. The molecular formula is C59H58N4O8. The van der Waals surface area contributed by atoms with Gasteiger partial charge >= 0.3 is 11.9 Å². The van der Waals surface area contributed by atoms with Gasteiger partial charge in [0.25, 0.3) is 0 Å². The van der Waals surface area contributed by atoms with E-state index in [4.69, 9.17) is 20.7 Å². The number of phenols is 1. The van der Waals surface area contributed by atoms with E-state index >= 15 is 0 Å². The molecule has 1 atom stereocenters. The van der Waals surface area contributed by atoms with Crippen molar-refractivity contribution >= 4 is 46.4 Å². The fourth-order valence-corrected chi connectivity index (χ4v) is 7.13. The SMILES string of the molecule is CC(C)(N)COc1ccc(Nc2ccc(CCNC[C@H](O)c3ccc(O)c4[nH]c(=O)ccc34)cc2)cc1.O=C(O)/C=C/c1ccc(-c2ccccc2)cc1.O=C(O)/C=C/c1ccc(-c2ccccc2)cc1. The third kappa shape index (κ3) is 17.2. The number of nitrogens with two attached hydrogens (primary N) is 1. The maximum atomic E-state index is 11.6. The smallest absolute Gasteiger partial charge is 0.328 e. The van der Waals surface area contributed by atoms with Crippen LogP contribution in [0.25, 0.3) is 45.3 Å². The predicted molar refractivity (Wildman–Crippen MR) is 285 cm³/mol. The maximum Gasteiger partial charge on any atom is 0.328 e. The Morgan fingerprint density at radius 1 is 0.648 bits per heavy atom. The van der Waals surface area contributed by atoms with Gasteiger partial charge < -0.3 is 46.5 Å². The van der Waals surface area contributed by atoms with E-state index in [0.29, 0.717) is 36.2 Å². The third-order valence-corrected chi connectivity index (χ3v) is 10.8. The number of aliphatic hydroxyl groups excluding tert-OH is 1. The lowest BCUT2D eigenvalue weighted by atomic mass is 10.0. The minimum absolute atomic E-state index is 0.0211. The normalized spacial score (nSPS) is 11.5. The number of aromatic hydroxyl groups is 1. The van der Waals surface area contributed by atoms with Gasteiger partial charge in [0, 0.05) is 47.1 Å². The van der Waals surface area contributed by atoms with Gasteiger partial charge in [0.05, 0.1) is 11.6 Å². The van der Waals surface area contributed by atoms with Crippen LogP contribution in [0.2, 0.25) is 0 Å². The van der Waals surface area contributed by atoms with Gasteiger partial charge in [-0.25, -0.2) is 9.59 Å². The minimum atomic E-state index is -0.933. The van der Waals surface area contributed by atoms with Gasteiger partial charge in [-0.3, -0.25) is 4.79 Å². The number of carboxylic acids is 2. The number of phenolic OH excluding ortho intramolecular Hbond substituents is 1. The zero-order chi connectivity index (χ0) is 50.6. The van der Waals surface area contributed by atoms with Crippen LogP contribution in [-0.2, 0) is 16.0 Å². The number of pyridine rings is 1. The number of ether oxygens (including phenoxy) is 1. The Labute approximate surface area is 413 Å². The molecule has 71 heavy (non-hydrogen) atoms. The molecule has 1 aromatic heterocycles. The zero-order valence-corrected chi connectivity index (χ0v) is 39.5. The van der Waals surface area contributed by atoms with E-state index in [-0.39, 0.29) is 16.8 Å². The Balaban J connectivity index is 0.000000200. The summed E-state index contributed by atoms with van der Waals surface area (Å²) in [4.78, 5) is 35.0. The molecule has 12 nitrogen and oxygen atoms in total.